The topological polar surface area (TPSA) is 238 Å². The van der Waals surface area contributed by atoms with Crippen molar-refractivity contribution in [2.75, 3.05) is 13.2 Å². The Labute approximate surface area is 397 Å². The Kier molecular flexibility index (Phi) is 12.7. The molecule has 10 rings (SSSR count). The molecule has 7 fully saturated rings. The lowest BCUT2D eigenvalue weighted by atomic mass is 9.36. The summed E-state index contributed by atoms with van der Waals surface area (Å²) in [5.74, 6) is -2.79. The molecule has 67 heavy (non-hydrogen) atoms. The van der Waals surface area contributed by atoms with Crippen LogP contribution in [0, 0.1) is 70.0 Å². The molecule has 1 spiro atoms. The van der Waals surface area contributed by atoms with Gasteiger partial charge in [-0.2, -0.15) is 0 Å². The van der Waals surface area contributed by atoms with E-state index < -0.39 is 88.0 Å². The number of nitrogens with one attached hydrogen (secondary N) is 2. The van der Waals surface area contributed by atoms with Crippen LogP contribution in [0.2, 0.25) is 0 Å². The summed E-state index contributed by atoms with van der Waals surface area (Å²) < 4.78 is 7.04. The number of nitrogens with two attached hydrogens (primary N) is 1. The van der Waals surface area contributed by atoms with Gasteiger partial charge in [-0.1, -0.05) is 51.3 Å². The van der Waals surface area contributed by atoms with Crippen LogP contribution < -0.4 is 16.4 Å². The van der Waals surface area contributed by atoms with E-state index in [1.54, 1.807) is 13.8 Å². The van der Waals surface area contributed by atoms with Gasteiger partial charge in [0.15, 0.2) is 5.78 Å². The molecule has 13 nitrogen and oxygen atoms in total. The second kappa shape index (κ2) is 17.5. The van der Waals surface area contributed by atoms with Crippen LogP contribution in [0.5, 0.6) is 0 Å². The molecule has 1 saturated heterocycles. The highest BCUT2D eigenvalue weighted by atomic mass is 16.5. The molecule has 8 aliphatic carbocycles. The van der Waals surface area contributed by atoms with E-state index in [-0.39, 0.29) is 79.6 Å². The molecule has 10 aliphatic rings. The van der Waals surface area contributed by atoms with Gasteiger partial charge in [-0.3, -0.25) is 4.79 Å². The van der Waals surface area contributed by atoms with Crippen molar-refractivity contribution in [1.29, 1.82) is 0 Å². The maximum Gasteiger partial charge on any atom is 0.182 e. The fourth-order valence-electron chi connectivity index (χ4n) is 18.3. The Morgan fingerprint density at radius 2 is 1.73 bits per heavy atom. The number of carbonyl (C=O) groups is 1. The first-order valence-electron chi connectivity index (χ1n) is 26.7. The number of rotatable bonds is 11. The molecule has 2 heterocycles. The fourth-order valence-corrected chi connectivity index (χ4v) is 18.3. The van der Waals surface area contributed by atoms with Crippen molar-refractivity contribution < 1.29 is 50.4 Å². The van der Waals surface area contributed by atoms with Crippen LogP contribution in [0.4, 0.5) is 0 Å². The summed E-state index contributed by atoms with van der Waals surface area (Å²) in [7, 11) is 0. The van der Waals surface area contributed by atoms with Gasteiger partial charge in [-0.05, 0) is 168 Å². The summed E-state index contributed by atoms with van der Waals surface area (Å²) in [6.45, 7) is 7.76. The molecule has 1 unspecified atom stereocenters. The zero-order valence-electron chi connectivity index (χ0n) is 40.5. The minimum absolute atomic E-state index is 0.0140. The minimum atomic E-state index is -1.79. The predicted molar refractivity (Wildman–Crippen MR) is 252 cm³/mol. The second-order valence-corrected chi connectivity index (χ2v) is 24.2. The lowest BCUT2D eigenvalue weighted by molar-refractivity contribution is -0.258. The van der Waals surface area contributed by atoms with Gasteiger partial charge in [0.05, 0.1) is 59.7 Å². The number of ketones is 1. The van der Waals surface area contributed by atoms with Crippen molar-refractivity contribution in [3.05, 3.63) is 46.8 Å². The zero-order valence-corrected chi connectivity index (χ0v) is 40.5. The SMILES string of the molecule is CCC[C@@H]1CC[C@H]2[C@H]3[C@@H](O[C@@H]2CC1)[C@@](O)([C@](C)(O)[C@H]1CC[C@@]2(O)C4=C(NC[C@H](C)O)C(=O)[C@@H]5[C@H]6CC[C@@H]7[C@H](C8=C(CCCO)NC(N)C=C8)C=C[C@H](C[C@]12C)[C@@H]4[C@]75C[C@H](O)[C@@H]6O)CCC[C@@H]3O. The molecular weight excluding hydrogens is 851 g/mol. The maximum atomic E-state index is 15.9. The molecule has 0 aromatic carbocycles. The molecule has 13 heteroatoms. The van der Waals surface area contributed by atoms with Crippen LogP contribution in [0.15, 0.2) is 46.8 Å². The average Bonchev–Trinajstić information content (AvgIpc) is 3.61. The standard InChI is InChI=1S/C54H83N3O10/c1-5-8-29-11-14-33-39(19-12-29)67-49-42(33)37(60)10-6-22-54(49,66)51(4,64)40-21-23-53(65)45-43-30(25-50(40,53)3)13-15-31(32-17-20-41(55)57-36(32)9-7-24-58)35-18-16-34-44(48(63)46(45)56-27-28(2)59)52(35,43)26-38(61)47(34)62/h13,15,17,20,28-31,33-35,37-44,47,49,56-62,64-66H,5-12,14,16,18-19,21-27,55H2,1-4H3/t28-,29+,30+,31-,33+,34+,35+,37-,38-,39+,40-,41?,42+,43-,44-,47+,49+,50+,51+,52-,53+,54+/m0/s1. The molecule has 12 N–H and O–H groups in total. The zero-order chi connectivity index (χ0) is 47.6. The first-order valence-corrected chi connectivity index (χ1v) is 26.7. The number of hydrogen-bond donors (Lipinski definition) is 11. The normalized spacial score (nSPS) is 50.2. The van der Waals surface area contributed by atoms with E-state index in [0.717, 1.165) is 43.4 Å². The summed E-state index contributed by atoms with van der Waals surface area (Å²) >= 11 is 0. The minimum Gasteiger partial charge on any atom is -0.396 e. The van der Waals surface area contributed by atoms with E-state index in [9.17, 15) is 40.9 Å². The maximum absolute atomic E-state index is 15.9. The number of carbonyl (C=O) groups excluding carboxylic acids is 1. The van der Waals surface area contributed by atoms with E-state index in [1.807, 2.05) is 13.0 Å². The van der Waals surface area contributed by atoms with Gasteiger partial charge in [0.2, 0.25) is 0 Å². The van der Waals surface area contributed by atoms with Crippen molar-refractivity contribution >= 4 is 5.78 Å². The third kappa shape index (κ3) is 7.07. The fraction of sp³-hybridized carbons (Fsp3) is 0.833. The van der Waals surface area contributed by atoms with Crippen LogP contribution in [0.1, 0.15) is 137 Å². The van der Waals surface area contributed by atoms with E-state index in [2.05, 4.69) is 35.8 Å². The highest BCUT2D eigenvalue weighted by Gasteiger charge is 2.78. The smallest absolute Gasteiger partial charge is 0.182 e. The molecular formula is C54H83N3O10. The van der Waals surface area contributed by atoms with Crippen molar-refractivity contribution in [1.82, 2.24) is 10.6 Å². The highest BCUT2D eigenvalue weighted by Crippen LogP contribution is 2.76. The second-order valence-electron chi connectivity index (χ2n) is 24.2. The highest BCUT2D eigenvalue weighted by molar-refractivity contribution is 6.00. The monoisotopic (exact) mass is 934 g/mol. The number of aliphatic hydroxyl groups is 8. The van der Waals surface area contributed by atoms with Crippen LogP contribution in [-0.4, -0.2) is 119 Å². The van der Waals surface area contributed by atoms with E-state index in [0.29, 0.717) is 62.9 Å². The predicted octanol–water partition coefficient (Wildman–Crippen LogP) is 4.01. The van der Waals surface area contributed by atoms with Gasteiger partial charge in [0.1, 0.15) is 5.60 Å². The van der Waals surface area contributed by atoms with Gasteiger partial charge >= 0.3 is 0 Å². The molecule has 0 amide bonds. The largest absolute Gasteiger partial charge is 0.396 e. The number of fused-ring (bicyclic) bond motifs is 5. The van der Waals surface area contributed by atoms with E-state index >= 15 is 4.79 Å². The summed E-state index contributed by atoms with van der Waals surface area (Å²) in [6, 6.07) is 0. The first-order chi connectivity index (χ1) is 31.9. The van der Waals surface area contributed by atoms with Crippen molar-refractivity contribution in [2.24, 2.45) is 75.7 Å². The van der Waals surface area contributed by atoms with Gasteiger partial charge in [0, 0.05) is 42.0 Å². The number of allylic oxidation sites excluding steroid dienone is 6. The van der Waals surface area contributed by atoms with Gasteiger partial charge in [0.25, 0.3) is 0 Å². The van der Waals surface area contributed by atoms with Gasteiger partial charge < -0.3 is 62.0 Å². The molecule has 6 saturated carbocycles. The molecule has 0 radical (unpaired) electrons. The Morgan fingerprint density at radius 1 is 0.970 bits per heavy atom. The molecule has 0 aromatic rings. The average molecular weight is 934 g/mol. The van der Waals surface area contributed by atoms with Crippen LogP contribution in [-0.2, 0) is 9.53 Å². The lowest BCUT2D eigenvalue weighted by Crippen LogP contribution is -2.72. The molecule has 374 valence electrons. The first kappa shape index (κ1) is 48.5. The van der Waals surface area contributed by atoms with Crippen molar-refractivity contribution in [2.45, 2.75) is 196 Å². The van der Waals surface area contributed by atoms with E-state index in [1.165, 1.54) is 6.42 Å². The summed E-state index contributed by atoms with van der Waals surface area (Å²) in [5.41, 5.74) is 2.13. The Bertz CT molecular complexity index is 2040. The number of dihydropyridines is 1. The van der Waals surface area contributed by atoms with Crippen LogP contribution in [0.3, 0.4) is 0 Å². The van der Waals surface area contributed by atoms with Crippen LogP contribution >= 0.6 is 0 Å². The van der Waals surface area contributed by atoms with E-state index in [4.69, 9.17) is 10.5 Å². The third-order valence-electron chi connectivity index (χ3n) is 21.0. The number of Topliss-reactive ketones (excluding diaryl/α,β-unsaturated/α-hetero) is 1. The number of ether oxygens (including phenoxy) is 1. The number of aliphatic hydroxyl groups excluding tert-OH is 5. The molecule has 22 atom stereocenters. The Balaban J connectivity index is 1.12. The quantitative estimate of drug-likeness (QED) is 0.132. The van der Waals surface area contributed by atoms with Gasteiger partial charge in [-0.15, -0.1) is 0 Å². The number of hydrogen-bond acceptors (Lipinski definition) is 13. The molecule has 0 aromatic heterocycles. The summed E-state index contributed by atoms with van der Waals surface area (Å²) in [5, 5.41) is 105. The third-order valence-corrected chi connectivity index (χ3v) is 21.0. The van der Waals surface area contributed by atoms with Gasteiger partial charge in [-0.25, -0.2) is 0 Å². The Morgan fingerprint density at radius 3 is 2.48 bits per heavy atom. The van der Waals surface area contributed by atoms with Crippen molar-refractivity contribution in [3.63, 3.8) is 0 Å². The van der Waals surface area contributed by atoms with Crippen molar-refractivity contribution in [3.8, 4) is 0 Å². The summed E-state index contributed by atoms with van der Waals surface area (Å²) in [4.78, 5) is 15.9. The van der Waals surface area contributed by atoms with Crippen LogP contribution in [0.25, 0.3) is 0 Å². The molecule has 2 aliphatic heterocycles. The summed E-state index contributed by atoms with van der Waals surface area (Å²) in [6.07, 6.45) is 14.6. The lowest BCUT2D eigenvalue weighted by Gasteiger charge is -2.69. The molecule has 2 bridgehead atoms. The Hall–Kier alpha value is -2.17.